The molecule has 0 saturated heterocycles. The molecule has 0 N–H and O–H groups in total. The molecule has 5 nitrogen and oxygen atoms in total. The Balaban J connectivity index is 3.10. The minimum atomic E-state index is -4.60. The van der Waals surface area contributed by atoms with Gasteiger partial charge in [0.25, 0.3) is 5.91 Å². The highest BCUT2D eigenvalue weighted by Crippen LogP contribution is 2.22. The topological polar surface area (TPSA) is 63.5 Å². The molecule has 116 valence electrons. The Morgan fingerprint density at radius 2 is 1.95 bits per heavy atom. The van der Waals surface area contributed by atoms with Gasteiger partial charge in [-0.15, -0.1) is 0 Å². The second-order valence-electron chi connectivity index (χ2n) is 4.57. The predicted molar refractivity (Wildman–Crippen MR) is 65.3 cm³/mol. The number of hydrogen-bond donors (Lipinski definition) is 0. The highest BCUT2D eigenvalue weighted by molar-refractivity contribution is 5.94. The lowest BCUT2D eigenvalue weighted by Gasteiger charge is -2.27. The average molecular weight is 308 g/mol. The van der Waals surface area contributed by atoms with Crippen molar-refractivity contribution >= 4 is 11.6 Å². The summed E-state index contributed by atoms with van der Waals surface area (Å²) in [5, 5.41) is 10.5. The molecule has 0 aromatic heterocycles. The van der Waals surface area contributed by atoms with E-state index in [0.717, 1.165) is 12.1 Å². The van der Waals surface area contributed by atoms with Crippen LogP contribution < -0.4 is 0 Å². The van der Waals surface area contributed by atoms with Gasteiger partial charge in [0.2, 0.25) is 5.82 Å². The number of nitro groups is 1. The molecular formula is C12H12F4N2O3. The van der Waals surface area contributed by atoms with Gasteiger partial charge in [0, 0.05) is 17.7 Å². The molecule has 0 spiro atoms. The highest BCUT2D eigenvalue weighted by atomic mass is 19.4. The summed E-state index contributed by atoms with van der Waals surface area (Å²) in [6.45, 7) is 1.28. The van der Waals surface area contributed by atoms with Gasteiger partial charge in [-0.25, -0.2) is 0 Å². The molecule has 0 atom stereocenters. The van der Waals surface area contributed by atoms with Crippen molar-refractivity contribution in [1.82, 2.24) is 4.90 Å². The van der Waals surface area contributed by atoms with E-state index in [2.05, 4.69) is 0 Å². The van der Waals surface area contributed by atoms with Crippen molar-refractivity contribution in [2.75, 3.05) is 6.54 Å². The van der Waals surface area contributed by atoms with E-state index in [0.29, 0.717) is 11.0 Å². The van der Waals surface area contributed by atoms with Crippen LogP contribution in [0.25, 0.3) is 0 Å². The number of rotatable bonds is 4. The SMILES string of the molecule is CC(C)N(CC(F)(F)F)C(=O)c1ccc([N+](=O)[O-])c(F)c1. The van der Waals surface area contributed by atoms with Crippen molar-refractivity contribution in [1.29, 1.82) is 0 Å². The summed E-state index contributed by atoms with van der Waals surface area (Å²) in [5.41, 5.74) is -1.23. The van der Waals surface area contributed by atoms with Gasteiger partial charge in [-0.3, -0.25) is 14.9 Å². The van der Waals surface area contributed by atoms with Crippen molar-refractivity contribution in [2.24, 2.45) is 0 Å². The number of nitro benzene ring substituents is 1. The molecule has 0 unspecified atom stereocenters. The maximum Gasteiger partial charge on any atom is 0.406 e. The maximum atomic E-state index is 13.4. The first-order valence-electron chi connectivity index (χ1n) is 5.84. The fourth-order valence-electron chi connectivity index (χ4n) is 1.64. The third-order valence-corrected chi connectivity index (χ3v) is 2.63. The quantitative estimate of drug-likeness (QED) is 0.487. The van der Waals surface area contributed by atoms with Crippen LogP contribution in [0, 0.1) is 15.9 Å². The van der Waals surface area contributed by atoms with E-state index in [9.17, 15) is 32.5 Å². The van der Waals surface area contributed by atoms with Crippen molar-refractivity contribution in [3.05, 3.63) is 39.7 Å². The Labute approximate surface area is 117 Å². The number of hydrogen-bond acceptors (Lipinski definition) is 3. The fourth-order valence-corrected chi connectivity index (χ4v) is 1.64. The Hall–Kier alpha value is -2.19. The highest BCUT2D eigenvalue weighted by Gasteiger charge is 2.35. The second kappa shape index (κ2) is 6.06. The molecule has 1 aromatic rings. The van der Waals surface area contributed by atoms with Crippen LogP contribution in [0.5, 0.6) is 0 Å². The summed E-state index contributed by atoms with van der Waals surface area (Å²) in [7, 11) is 0. The lowest BCUT2D eigenvalue weighted by molar-refractivity contribution is -0.387. The Morgan fingerprint density at radius 3 is 2.33 bits per heavy atom. The van der Waals surface area contributed by atoms with Crippen LogP contribution in [0.2, 0.25) is 0 Å². The van der Waals surface area contributed by atoms with Crippen molar-refractivity contribution < 1.29 is 27.3 Å². The van der Waals surface area contributed by atoms with Crippen LogP contribution >= 0.6 is 0 Å². The zero-order chi connectivity index (χ0) is 16.4. The van der Waals surface area contributed by atoms with Crippen LogP contribution in [-0.2, 0) is 0 Å². The Kier molecular flexibility index (Phi) is 4.87. The first-order valence-corrected chi connectivity index (χ1v) is 5.84. The van der Waals surface area contributed by atoms with Gasteiger partial charge in [-0.05, 0) is 26.0 Å². The number of alkyl halides is 3. The fraction of sp³-hybridized carbons (Fsp3) is 0.417. The van der Waals surface area contributed by atoms with E-state index in [-0.39, 0.29) is 5.56 Å². The van der Waals surface area contributed by atoms with Crippen LogP contribution in [0.15, 0.2) is 18.2 Å². The summed E-state index contributed by atoms with van der Waals surface area (Å²) in [5.74, 6) is -2.32. The van der Waals surface area contributed by atoms with Gasteiger partial charge >= 0.3 is 11.9 Å². The summed E-state index contributed by atoms with van der Waals surface area (Å²) >= 11 is 0. The first-order chi connectivity index (χ1) is 9.53. The van der Waals surface area contributed by atoms with Gasteiger partial charge < -0.3 is 4.90 Å². The van der Waals surface area contributed by atoms with Gasteiger partial charge in [0.05, 0.1) is 4.92 Å². The zero-order valence-electron chi connectivity index (χ0n) is 11.1. The molecule has 0 heterocycles. The minimum absolute atomic E-state index is 0.379. The van der Waals surface area contributed by atoms with Crippen LogP contribution in [-0.4, -0.2) is 34.5 Å². The van der Waals surface area contributed by atoms with Crippen molar-refractivity contribution in [3.63, 3.8) is 0 Å². The van der Waals surface area contributed by atoms with Crippen LogP contribution in [0.4, 0.5) is 23.2 Å². The standard InChI is InChI=1S/C12H12F4N2O3/c1-7(2)17(6-12(14,15)16)11(19)8-3-4-10(18(20)21)9(13)5-8/h3-5,7H,6H2,1-2H3. The monoisotopic (exact) mass is 308 g/mol. The number of halogens is 4. The van der Waals surface area contributed by atoms with Crippen molar-refractivity contribution in [2.45, 2.75) is 26.1 Å². The summed E-state index contributed by atoms with van der Waals surface area (Å²) in [6, 6.07) is 1.47. The van der Waals surface area contributed by atoms with Gasteiger partial charge in [-0.2, -0.15) is 17.6 Å². The van der Waals surface area contributed by atoms with Gasteiger partial charge in [0.1, 0.15) is 6.54 Å². The number of nitrogens with zero attached hydrogens (tertiary/aromatic N) is 2. The molecule has 0 aliphatic heterocycles. The smallest absolute Gasteiger partial charge is 0.327 e. The van der Waals surface area contributed by atoms with E-state index < -0.39 is 41.1 Å². The van der Waals surface area contributed by atoms with Crippen LogP contribution in [0.1, 0.15) is 24.2 Å². The lowest BCUT2D eigenvalue weighted by Crippen LogP contribution is -2.43. The molecule has 0 fully saturated rings. The normalized spacial score (nSPS) is 11.6. The molecular weight excluding hydrogens is 296 g/mol. The third-order valence-electron chi connectivity index (χ3n) is 2.63. The van der Waals surface area contributed by atoms with Crippen LogP contribution in [0.3, 0.4) is 0 Å². The van der Waals surface area contributed by atoms with E-state index in [1.54, 1.807) is 0 Å². The average Bonchev–Trinajstić information content (AvgIpc) is 2.33. The molecule has 1 rings (SSSR count). The second-order valence-corrected chi connectivity index (χ2v) is 4.57. The summed E-state index contributed by atoms with van der Waals surface area (Å²) in [4.78, 5) is 22.0. The molecule has 1 aromatic carbocycles. The number of amides is 1. The molecule has 0 saturated carbocycles. The summed E-state index contributed by atoms with van der Waals surface area (Å²) < 4.78 is 50.7. The molecule has 1 amide bonds. The number of benzene rings is 1. The largest absolute Gasteiger partial charge is 0.406 e. The zero-order valence-corrected chi connectivity index (χ0v) is 11.1. The lowest BCUT2D eigenvalue weighted by atomic mass is 10.1. The van der Waals surface area contributed by atoms with E-state index in [1.807, 2.05) is 0 Å². The molecule has 0 aliphatic carbocycles. The number of carbonyl (C=O) groups is 1. The Bertz CT molecular complexity index is 558. The Morgan fingerprint density at radius 1 is 1.38 bits per heavy atom. The molecule has 0 aliphatic rings. The molecule has 9 heteroatoms. The van der Waals surface area contributed by atoms with E-state index in [4.69, 9.17) is 0 Å². The minimum Gasteiger partial charge on any atom is -0.327 e. The van der Waals surface area contributed by atoms with E-state index in [1.165, 1.54) is 13.8 Å². The molecule has 21 heavy (non-hydrogen) atoms. The predicted octanol–water partition coefficient (Wildman–Crippen LogP) is 3.15. The van der Waals surface area contributed by atoms with Crippen molar-refractivity contribution in [3.8, 4) is 0 Å². The van der Waals surface area contributed by atoms with Gasteiger partial charge in [0.15, 0.2) is 0 Å². The first kappa shape index (κ1) is 16.9. The third kappa shape index (κ3) is 4.40. The molecule has 0 radical (unpaired) electrons. The number of carbonyl (C=O) groups excluding carboxylic acids is 1. The summed E-state index contributed by atoms with van der Waals surface area (Å²) in [6.07, 6.45) is -4.60. The maximum absolute atomic E-state index is 13.4. The molecule has 0 bridgehead atoms. The van der Waals surface area contributed by atoms with E-state index >= 15 is 0 Å². The van der Waals surface area contributed by atoms with Gasteiger partial charge in [-0.1, -0.05) is 0 Å².